The van der Waals surface area contributed by atoms with Gasteiger partial charge in [0.15, 0.2) is 0 Å². The number of rotatable bonds is 6. The Kier molecular flexibility index (Phi) is 7.02. The lowest BCUT2D eigenvalue weighted by molar-refractivity contribution is -0.137. The Morgan fingerprint density at radius 1 is 1.09 bits per heavy atom. The van der Waals surface area contributed by atoms with Crippen LogP contribution in [-0.4, -0.2) is 35.8 Å². The second-order valence-corrected chi connectivity index (χ2v) is 8.90. The highest BCUT2D eigenvalue weighted by Crippen LogP contribution is 2.30. The summed E-state index contributed by atoms with van der Waals surface area (Å²) in [6.07, 6.45) is -1.40. The maximum atomic E-state index is 12.9. The number of likely N-dealkylation sites (tertiary alicyclic amines) is 1. The summed E-state index contributed by atoms with van der Waals surface area (Å²) in [5.41, 5.74) is 1.95. The van der Waals surface area contributed by atoms with Gasteiger partial charge in [-0.2, -0.15) is 13.2 Å². The van der Waals surface area contributed by atoms with Gasteiger partial charge in [-0.15, -0.1) is 0 Å². The lowest BCUT2D eigenvalue weighted by Crippen LogP contribution is -2.44. The first-order valence-corrected chi connectivity index (χ1v) is 11.3. The van der Waals surface area contributed by atoms with Crippen molar-refractivity contribution in [3.05, 3.63) is 65.2 Å². The van der Waals surface area contributed by atoms with Gasteiger partial charge in [-0.1, -0.05) is 36.4 Å². The van der Waals surface area contributed by atoms with Gasteiger partial charge >= 0.3 is 6.18 Å². The van der Waals surface area contributed by atoms with E-state index >= 15 is 0 Å². The Hall–Kier alpha value is -2.87. The molecule has 0 aromatic heterocycles. The number of carbonyl (C=O) groups excluding carboxylic acids is 2. The fourth-order valence-electron chi connectivity index (χ4n) is 4.59. The standard InChI is InChI=1S/C25H28F3N3O2/c26-25(27,28)20-6-3-4-17(14-20)16-31-12-10-21(11-13-31)29-23(32)9-8-19-15-18-5-1-2-7-22(18)30-24(19)33/h1-7,14,19,21H,8-13,15-16H2,(H,29,32)(H,30,33). The number of para-hydroxylation sites is 1. The summed E-state index contributed by atoms with van der Waals surface area (Å²) in [6, 6.07) is 13.2. The molecule has 0 radical (unpaired) electrons. The molecular weight excluding hydrogens is 431 g/mol. The molecule has 0 bridgehead atoms. The molecule has 1 atom stereocenters. The number of nitrogens with zero attached hydrogens (tertiary/aromatic N) is 1. The number of anilines is 1. The summed E-state index contributed by atoms with van der Waals surface area (Å²) >= 11 is 0. The van der Waals surface area contributed by atoms with Gasteiger partial charge in [0.2, 0.25) is 11.8 Å². The molecule has 2 aromatic rings. The van der Waals surface area contributed by atoms with Gasteiger partial charge in [-0.3, -0.25) is 14.5 Å². The van der Waals surface area contributed by atoms with Crippen LogP contribution in [-0.2, 0) is 28.7 Å². The van der Waals surface area contributed by atoms with Crippen molar-refractivity contribution in [2.75, 3.05) is 18.4 Å². The largest absolute Gasteiger partial charge is 0.416 e. The van der Waals surface area contributed by atoms with Crippen molar-refractivity contribution >= 4 is 17.5 Å². The van der Waals surface area contributed by atoms with Crippen LogP contribution in [0.2, 0.25) is 0 Å². The van der Waals surface area contributed by atoms with Gasteiger partial charge in [-0.05, 0) is 48.9 Å². The average molecular weight is 460 g/mol. The van der Waals surface area contributed by atoms with Crippen molar-refractivity contribution in [2.24, 2.45) is 5.92 Å². The van der Waals surface area contributed by atoms with E-state index in [1.807, 2.05) is 24.3 Å². The van der Waals surface area contributed by atoms with Crippen molar-refractivity contribution in [2.45, 2.75) is 50.9 Å². The van der Waals surface area contributed by atoms with E-state index in [0.29, 0.717) is 44.5 Å². The van der Waals surface area contributed by atoms with E-state index in [-0.39, 0.29) is 23.8 Å². The monoisotopic (exact) mass is 459 g/mol. The Balaban J connectivity index is 1.20. The molecular formula is C25H28F3N3O2. The molecule has 1 fully saturated rings. The maximum Gasteiger partial charge on any atom is 0.416 e. The Bertz CT molecular complexity index is 1000. The molecule has 4 rings (SSSR count). The van der Waals surface area contributed by atoms with Gasteiger partial charge in [0.05, 0.1) is 5.56 Å². The van der Waals surface area contributed by atoms with Crippen LogP contribution in [0.1, 0.15) is 42.4 Å². The van der Waals surface area contributed by atoms with Gasteiger partial charge in [0.25, 0.3) is 0 Å². The van der Waals surface area contributed by atoms with Crippen LogP contribution in [0, 0.1) is 5.92 Å². The highest BCUT2D eigenvalue weighted by atomic mass is 19.4. The van der Waals surface area contributed by atoms with Crippen LogP contribution in [0.3, 0.4) is 0 Å². The zero-order chi connectivity index (χ0) is 23.4. The minimum absolute atomic E-state index is 0.0376. The van der Waals surface area contributed by atoms with Gasteiger partial charge in [0, 0.05) is 43.7 Å². The third kappa shape index (κ3) is 6.13. The van der Waals surface area contributed by atoms with E-state index in [4.69, 9.17) is 0 Å². The molecule has 2 amide bonds. The minimum atomic E-state index is -4.34. The molecule has 1 unspecified atom stereocenters. The molecule has 2 N–H and O–H groups in total. The van der Waals surface area contributed by atoms with Gasteiger partial charge in [0.1, 0.15) is 0 Å². The van der Waals surface area contributed by atoms with Crippen LogP contribution >= 0.6 is 0 Å². The number of hydrogen-bond acceptors (Lipinski definition) is 3. The molecule has 1 saturated heterocycles. The lowest BCUT2D eigenvalue weighted by atomic mass is 9.89. The number of amides is 2. The SMILES string of the molecule is O=C(CCC1Cc2ccccc2NC1=O)NC1CCN(Cc2cccc(C(F)(F)F)c2)CC1. The third-order valence-electron chi connectivity index (χ3n) is 6.45. The highest BCUT2D eigenvalue weighted by molar-refractivity contribution is 5.96. The molecule has 8 heteroatoms. The van der Waals surface area contributed by atoms with E-state index < -0.39 is 11.7 Å². The summed E-state index contributed by atoms with van der Waals surface area (Å²) < 4.78 is 38.7. The quantitative estimate of drug-likeness (QED) is 0.674. The van der Waals surface area contributed by atoms with E-state index in [9.17, 15) is 22.8 Å². The summed E-state index contributed by atoms with van der Waals surface area (Å²) in [4.78, 5) is 26.9. The van der Waals surface area contributed by atoms with Crippen molar-refractivity contribution < 1.29 is 22.8 Å². The molecule has 176 valence electrons. The summed E-state index contributed by atoms with van der Waals surface area (Å²) in [5, 5.41) is 5.97. The van der Waals surface area contributed by atoms with Crippen molar-refractivity contribution in [1.29, 1.82) is 0 Å². The summed E-state index contributed by atoms with van der Waals surface area (Å²) in [5.74, 6) is -0.303. The first kappa shape index (κ1) is 23.3. The lowest BCUT2D eigenvalue weighted by Gasteiger charge is -2.32. The van der Waals surface area contributed by atoms with Crippen LogP contribution in [0.15, 0.2) is 48.5 Å². The zero-order valence-corrected chi connectivity index (χ0v) is 18.3. The van der Waals surface area contributed by atoms with Gasteiger partial charge in [-0.25, -0.2) is 0 Å². The number of nitrogens with one attached hydrogen (secondary N) is 2. The molecule has 5 nitrogen and oxygen atoms in total. The van der Waals surface area contributed by atoms with Crippen LogP contribution in [0.4, 0.5) is 18.9 Å². The zero-order valence-electron chi connectivity index (χ0n) is 18.3. The third-order valence-corrected chi connectivity index (χ3v) is 6.45. The van der Waals surface area contributed by atoms with E-state index in [1.165, 1.54) is 12.1 Å². The van der Waals surface area contributed by atoms with Crippen LogP contribution in [0.5, 0.6) is 0 Å². The van der Waals surface area contributed by atoms with E-state index in [0.717, 1.165) is 30.2 Å². The molecule has 0 spiro atoms. The normalized spacial score (nSPS) is 19.6. The van der Waals surface area contributed by atoms with E-state index in [2.05, 4.69) is 15.5 Å². The fraction of sp³-hybridized carbons (Fsp3) is 0.440. The molecule has 2 heterocycles. The maximum absolute atomic E-state index is 12.9. The minimum Gasteiger partial charge on any atom is -0.353 e. The number of halogens is 3. The molecule has 0 saturated carbocycles. The molecule has 2 aliphatic heterocycles. The predicted octanol–water partition coefficient (Wildman–Crippen LogP) is 4.38. The summed E-state index contributed by atoms with van der Waals surface area (Å²) in [7, 11) is 0. The Morgan fingerprint density at radius 2 is 1.85 bits per heavy atom. The van der Waals surface area contributed by atoms with Crippen molar-refractivity contribution in [3.63, 3.8) is 0 Å². The Labute approximate surface area is 191 Å². The second-order valence-electron chi connectivity index (χ2n) is 8.90. The number of fused-ring (bicyclic) bond motifs is 1. The van der Waals surface area contributed by atoms with Crippen molar-refractivity contribution in [3.8, 4) is 0 Å². The molecule has 0 aliphatic carbocycles. The number of carbonyl (C=O) groups is 2. The van der Waals surface area contributed by atoms with Gasteiger partial charge < -0.3 is 10.6 Å². The molecule has 33 heavy (non-hydrogen) atoms. The van der Waals surface area contributed by atoms with Crippen LogP contribution < -0.4 is 10.6 Å². The predicted molar refractivity (Wildman–Crippen MR) is 119 cm³/mol. The second kappa shape index (κ2) is 9.95. The highest BCUT2D eigenvalue weighted by Gasteiger charge is 2.31. The van der Waals surface area contributed by atoms with E-state index in [1.54, 1.807) is 6.07 Å². The number of piperidine rings is 1. The Morgan fingerprint density at radius 3 is 2.61 bits per heavy atom. The molecule has 2 aliphatic rings. The number of hydrogen-bond donors (Lipinski definition) is 2. The topological polar surface area (TPSA) is 61.4 Å². The number of benzene rings is 2. The average Bonchev–Trinajstić information content (AvgIpc) is 2.78. The fourth-order valence-corrected chi connectivity index (χ4v) is 4.59. The van der Waals surface area contributed by atoms with Crippen molar-refractivity contribution in [1.82, 2.24) is 10.2 Å². The first-order valence-electron chi connectivity index (χ1n) is 11.3. The van der Waals surface area contributed by atoms with Crippen LogP contribution in [0.25, 0.3) is 0 Å². The number of alkyl halides is 3. The smallest absolute Gasteiger partial charge is 0.353 e. The molecule has 2 aromatic carbocycles. The summed E-state index contributed by atoms with van der Waals surface area (Å²) in [6.45, 7) is 1.88. The first-order chi connectivity index (χ1) is 15.8.